The Balaban J connectivity index is 2.13. The van der Waals surface area contributed by atoms with Crippen molar-refractivity contribution in [1.82, 2.24) is 0 Å². The third kappa shape index (κ3) is 3.91. The van der Waals surface area contributed by atoms with Crippen LogP contribution in [0.15, 0.2) is 12.1 Å². The molecule has 0 saturated heterocycles. The number of hydrogen-bond donors (Lipinski definition) is 2. The van der Waals surface area contributed by atoms with Crippen LogP contribution in [0, 0.1) is 17.7 Å². The fraction of sp³-hybridized carbons (Fsp3) is 0.500. The molecule has 0 spiro atoms. The predicted octanol–water partition coefficient (Wildman–Crippen LogP) is 2.67. The summed E-state index contributed by atoms with van der Waals surface area (Å²) in [6.07, 6.45) is 2.18. The van der Waals surface area contributed by atoms with E-state index in [4.69, 9.17) is 14.6 Å². The van der Waals surface area contributed by atoms with E-state index >= 15 is 0 Å². The standard InChI is InChI=1S/C16H20FNO5/c1-22-13-8-14(23-2)12(7-11(13)17)18-15(19)9-4-3-5-10(6-9)16(20)21/h7-10H,3-6H2,1-2H3,(H,18,19)(H,20,21). The van der Waals surface area contributed by atoms with Crippen LogP contribution >= 0.6 is 0 Å². The molecule has 0 bridgehead atoms. The number of hydrogen-bond acceptors (Lipinski definition) is 4. The van der Waals surface area contributed by atoms with E-state index in [1.54, 1.807) is 0 Å². The minimum Gasteiger partial charge on any atom is -0.494 e. The molecular formula is C16H20FNO5. The normalized spacial score (nSPS) is 20.7. The fourth-order valence-corrected chi connectivity index (χ4v) is 2.84. The van der Waals surface area contributed by atoms with Crippen LogP contribution in [0.1, 0.15) is 25.7 Å². The lowest BCUT2D eigenvalue weighted by molar-refractivity contribution is -0.143. The summed E-state index contributed by atoms with van der Waals surface area (Å²) in [6, 6.07) is 2.49. The van der Waals surface area contributed by atoms with Gasteiger partial charge in [0, 0.05) is 18.1 Å². The van der Waals surface area contributed by atoms with Crippen LogP contribution in [0.3, 0.4) is 0 Å². The van der Waals surface area contributed by atoms with Gasteiger partial charge in [-0.1, -0.05) is 6.42 Å². The molecule has 1 aliphatic rings. The molecule has 1 aliphatic carbocycles. The van der Waals surface area contributed by atoms with Gasteiger partial charge in [0.25, 0.3) is 0 Å². The second-order valence-electron chi connectivity index (χ2n) is 5.57. The first kappa shape index (κ1) is 17.1. The van der Waals surface area contributed by atoms with Gasteiger partial charge in [-0.15, -0.1) is 0 Å². The van der Waals surface area contributed by atoms with E-state index in [2.05, 4.69) is 5.32 Å². The SMILES string of the molecule is COc1cc(OC)c(NC(=O)C2CCCC(C(=O)O)C2)cc1F. The summed E-state index contributed by atoms with van der Waals surface area (Å²) >= 11 is 0. The lowest BCUT2D eigenvalue weighted by Gasteiger charge is -2.26. The van der Waals surface area contributed by atoms with E-state index in [0.29, 0.717) is 25.7 Å². The number of carboxylic acids is 1. The highest BCUT2D eigenvalue weighted by Crippen LogP contribution is 2.34. The van der Waals surface area contributed by atoms with Gasteiger partial charge in [-0.25, -0.2) is 4.39 Å². The van der Waals surface area contributed by atoms with Gasteiger partial charge in [-0.2, -0.15) is 0 Å². The Morgan fingerprint density at radius 1 is 1.17 bits per heavy atom. The molecule has 1 aromatic carbocycles. The van der Waals surface area contributed by atoms with E-state index < -0.39 is 23.6 Å². The zero-order valence-corrected chi connectivity index (χ0v) is 13.1. The molecule has 0 radical (unpaired) electrons. The highest BCUT2D eigenvalue weighted by molar-refractivity contribution is 5.94. The number of rotatable bonds is 5. The van der Waals surface area contributed by atoms with Crippen molar-refractivity contribution in [2.24, 2.45) is 11.8 Å². The van der Waals surface area contributed by atoms with Crippen LogP contribution < -0.4 is 14.8 Å². The largest absolute Gasteiger partial charge is 0.494 e. The molecule has 1 fully saturated rings. The van der Waals surface area contributed by atoms with Gasteiger partial charge in [-0.05, 0) is 19.3 Å². The fourth-order valence-electron chi connectivity index (χ4n) is 2.84. The maximum Gasteiger partial charge on any atom is 0.306 e. The first-order valence-electron chi connectivity index (χ1n) is 7.41. The molecule has 2 atom stereocenters. The lowest BCUT2D eigenvalue weighted by atomic mass is 9.81. The number of carbonyl (C=O) groups is 2. The van der Waals surface area contributed by atoms with Crippen LogP contribution in [0.2, 0.25) is 0 Å². The Kier molecular flexibility index (Phi) is 5.41. The highest BCUT2D eigenvalue weighted by Gasteiger charge is 2.31. The Hall–Kier alpha value is -2.31. The summed E-state index contributed by atoms with van der Waals surface area (Å²) in [5, 5.41) is 11.7. The van der Waals surface area contributed by atoms with Crippen LogP contribution in [0.5, 0.6) is 11.5 Å². The van der Waals surface area contributed by atoms with Crippen molar-refractivity contribution in [3.63, 3.8) is 0 Å². The topological polar surface area (TPSA) is 84.9 Å². The van der Waals surface area contributed by atoms with E-state index in [1.807, 2.05) is 0 Å². The molecule has 2 N–H and O–H groups in total. The number of ether oxygens (including phenoxy) is 2. The first-order chi connectivity index (χ1) is 11.0. The van der Waals surface area contributed by atoms with Gasteiger partial charge in [-0.3, -0.25) is 9.59 Å². The molecule has 1 aromatic rings. The van der Waals surface area contributed by atoms with Gasteiger partial charge in [0.1, 0.15) is 5.75 Å². The number of amides is 1. The number of aliphatic carboxylic acids is 1. The van der Waals surface area contributed by atoms with Crippen LogP contribution in [0.4, 0.5) is 10.1 Å². The van der Waals surface area contributed by atoms with Crippen molar-refractivity contribution < 1.29 is 28.6 Å². The third-order valence-corrected chi connectivity index (χ3v) is 4.13. The Labute approximate surface area is 133 Å². The molecular weight excluding hydrogens is 305 g/mol. The molecule has 2 rings (SSSR count). The minimum absolute atomic E-state index is 0.0171. The van der Waals surface area contributed by atoms with E-state index in [1.165, 1.54) is 20.3 Å². The summed E-state index contributed by atoms with van der Waals surface area (Å²) in [5.74, 6) is -2.43. The van der Waals surface area contributed by atoms with Crippen molar-refractivity contribution in [3.8, 4) is 11.5 Å². The summed E-state index contributed by atoms with van der Waals surface area (Å²) in [6.45, 7) is 0. The van der Waals surface area contributed by atoms with E-state index in [9.17, 15) is 14.0 Å². The molecule has 1 amide bonds. The monoisotopic (exact) mass is 325 g/mol. The van der Waals surface area contributed by atoms with Crippen LogP contribution in [-0.2, 0) is 9.59 Å². The zero-order chi connectivity index (χ0) is 17.0. The molecule has 2 unspecified atom stereocenters. The van der Waals surface area contributed by atoms with Gasteiger partial charge < -0.3 is 19.9 Å². The smallest absolute Gasteiger partial charge is 0.306 e. The molecule has 23 heavy (non-hydrogen) atoms. The highest BCUT2D eigenvalue weighted by atomic mass is 19.1. The van der Waals surface area contributed by atoms with Crippen molar-refractivity contribution in [1.29, 1.82) is 0 Å². The number of benzene rings is 1. The average molecular weight is 325 g/mol. The van der Waals surface area contributed by atoms with Crippen molar-refractivity contribution >= 4 is 17.6 Å². The summed E-state index contributed by atoms with van der Waals surface area (Å²) < 4.78 is 23.8. The summed E-state index contributed by atoms with van der Waals surface area (Å²) in [7, 11) is 2.74. The number of methoxy groups -OCH3 is 2. The van der Waals surface area contributed by atoms with Gasteiger partial charge in [0.15, 0.2) is 11.6 Å². The van der Waals surface area contributed by atoms with Gasteiger partial charge >= 0.3 is 5.97 Å². The molecule has 0 aliphatic heterocycles. The van der Waals surface area contributed by atoms with Gasteiger partial charge in [0.2, 0.25) is 5.91 Å². The number of anilines is 1. The maximum atomic E-state index is 13.8. The quantitative estimate of drug-likeness (QED) is 0.869. The van der Waals surface area contributed by atoms with Crippen molar-refractivity contribution in [2.75, 3.05) is 19.5 Å². The molecule has 126 valence electrons. The van der Waals surface area contributed by atoms with Crippen molar-refractivity contribution in [3.05, 3.63) is 17.9 Å². The number of carboxylic acid groups (broad SMARTS) is 1. The first-order valence-corrected chi connectivity index (χ1v) is 7.41. The minimum atomic E-state index is -0.879. The van der Waals surface area contributed by atoms with E-state index in [0.717, 1.165) is 6.07 Å². The van der Waals surface area contributed by atoms with Crippen LogP contribution in [0.25, 0.3) is 0 Å². The summed E-state index contributed by atoms with van der Waals surface area (Å²) in [5.41, 5.74) is 0.202. The number of nitrogens with one attached hydrogen (secondary N) is 1. The van der Waals surface area contributed by atoms with Crippen LogP contribution in [-0.4, -0.2) is 31.2 Å². The van der Waals surface area contributed by atoms with Gasteiger partial charge in [0.05, 0.1) is 25.8 Å². The molecule has 0 aromatic heterocycles. The molecule has 0 heterocycles. The zero-order valence-electron chi connectivity index (χ0n) is 13.1. The molecule has 6 nitrogen and oxygen atoms in total. The third-order valence-electron chi connectivity index (χ3n) is 4.13. The second-order valence-corrected chi connectivity index (χ2v) is 5.57. The van der Waals surface area contributed by atoms with Crippen molar-refractivity contribution in [2.45, 2.75) is 25.7 Å². The maximum absolute atomic E-state index is 13.8. The molecule has 7 heteroatoms. The lowest BCUT2D eigenvalue weighted by Crippen LogP contribution is -2.31. The van der Waals surface area contributed by atoms with E-state index in [-0.39, 0.29) is 23.1 Å². The summed E-state index contributed by atoms with van der Waals surface area (Å²) in [4.78, 5) is 23.4. The number of halogens is 1. The number of carbonyl (C=O) groups excluding carboxylic acids is 1. The average Bonchev–Trinajstić information content (AvgIpc) is 2.55. The predicted molar refractivity (Wildman–Crippen MR) is 81.2 cm³/mol. The Morgan fingerprint density at radius 3 is 2.43 bits per heavy atom. The molecule has 1 saturated carbocycles. The second kappa shape index (κ2) is 7.30. The Bertz CT molecular complexity index is 604. The Morgan fingerprint density at radius 2 is 1.83 bits per heavy atom.